The van der Waals surface area contributed by atoms with Crippen LogP contribution in [0, 0.1) is 51.8 Å². The van der Waals surface area contributed by atoms with E-state index in [4.69, 9.17) is 4.74 Å². The van der Waals surface area contributed by atoms with Gasteiger partial charge in [0.05, 0.1) is 24.2 Å². The number of nitrogens with zero attached hydrogens (tertiary/aromatic N) is 1. The second kappa shape index (κ2) is 4.29. The van der Waals surface area contributed by atoms with Crippen molar-refractivity contribution in [1.29, 1.82) is 5.26 Å². The van der Waals surface area contributed by atoms with Crippen LogP contribution in [0.1, 0.15) is 65.2 Å². The van der Waals surface area contributed by atoms with Crippen molar-refractivity contribution in [1.82, 2.24) is 0 Å². The van der Waals surface area contributed by atoms with Gasteiger partial charge in [-0.15, -0.1) is 0 Å². The lowest BCUT2D eigenvalue weighted by atomic mass is 9.45. The van der Waals surface area contributed by atoms with Gasteiger partial charge >= 0.3 is 0 Å². The van der Waals surface area contributed by atoms with Crippen LogP contribution in [0.4, 0.5) is 0 Å². The third-order valence-corrected chi connectivity index (χ3v) is 9.07. The fourth-order valence-electron chi connectivity index (χ4n) is 7.73. The molecule has 5 fully saturated rings. The minimum atomic E-state index is 0.325. The largest absolute Gasteiger partial charge is 0.370 e. The van der Waals surface area contributed by atoms with Gasteiger partial charge in [0.15, 0.2) is 0 Å². The van der Waals surface area contributed by atoms with Gasteiger partial charge in [0.25, 0.3) is 0 Å². The number of hydrogen-bond donors (Lipinski definition) is 0. The van der Waals surface area contributed by atoms with Crippen molar-refractivity contribution in [2.75, 3.05) is 0 Å². The van der Waals surface area contributed by atoms with Gasteiger partial charge in [0.1, 0.15) is 0 Å². The molecule has 0 aromatic rings. The van der Waals surface area contributed by atoms with Gasteiger partial charge in [-0.3, -0.25) is 0 Å². The SMILES string of the molecule is C[C@]12C[C@@H]3O[C@@H]3C[C@@H]1CC[C@@H]1[C@@H]2CC[C@]2(C)[C@@H](C#N)CC[C@@H]12. The van der Waals surface area contributed by atoms with Crippen LogP contribution in [0.25, 0.3) is 0 Å². The van der Waals surface area contributed by atoms with E-state index in [1.807, 2.05) is 0 Å². The quantitative estimate of drug-likeness (QED) is 0.615. The van der Waals surface area contributed by atoms with Crippen LogP contribution in [0.3, 0.4) is 0 Å². The molecule has 4 saturated carbocycles. The molecular formula is C20H29NO. The summed E-state index contributed by atoms with van der Waals surface area (Å²) in [6.45, 7) is 5.05. The van der Waals surface area contributed by atoms with Gasteiger partial charge in [0.2, 0.25) is 0 Å². The summed E-state index contributed by atoms with van der Waals surface area (Å²) in [5, 5.41) is 9.58. The third kappa shape index (κ3) is 1.59. The standard InChI is InChI=1S/C20H29NO/c1-19-8-7-16-14(15(19)6-4-13(19)11-21)5-3-12-9-17-18(22-17)10-20(12,16)2/h12-18H,3-10H2,1-2H3/t12-,13+,14-,15-,16-,17+,18-,19+,20-/m0/s1. The molecular weight excluding hydrogens is 270 g/mol. The molecule has 0 unspecified atom stereocenters. The Labute approximate surface area is 134 Å². The average molecular weight is 299 g/mol. The molecule has 2 heteroatoms. The van der Waals surface area contributed by atoms with Gasteiger partial charge in [-0.25, -0.2) is 0 Å². The predicted molar refractivity (Wildman–Crippen MR) is 84.9 cm³/mol. The van der Waals surface area contributed by atoms with Crippen LogP contribution in [-0.2, 0) is 4.74 Å². The summed E-state index contributed by atoms with van der Waals surface area (Å²) in [5.74, 6) is 3.87. The normalized spacial score (nSPS) is 62.1. The fourth-order valence-corrected chi connectivity index (χ4v) is 7.73. The molecule has 0 aromatic carbocycles. The maximum atomic E-state index is 9.58. The molecule has 0 amide bonds. The Balaban J connectivity index is 1.47. The van der Waals surface area contributed by atoms with E-state index >= 15 is 0 Å². The Morgan fingerprint density at radius 3 is 2.59 bits per heavy atom. The van der Waals surface area contributed by atoms with Crippen molar-refractivity contribution in [2.45, 2.75) is 77.4 Å². The summed E-state index contributed by atoms with van der Waals surface area (Å²) in [6.07, 6.45) is 11.9. The van der Waals surface area contributed by atoms with Crippen molar-refractivity contribution in [3.63, 3.8) is 0 Å². The number of ether oxygens (including phenoxy) is 1. The van der Waals surface area contributed by atoms with Crippen LogP contribution in [0.2, 0.25) is 0 Å². The van der Waals surface area contributed by atoms with E-state index in [1.165, 1.54) is 44.9 Å². The van der Waals surface area contributed by atoms with Gasteiger partial charge in [-0.05, 0) is 85.9 Å². The topological polar surface area (TPSA) is 36.3 Å². The number of nitriles is 1. The predicted octanol–water partition coefficient (Wildman–Crippen LogP) is 4.55. The smallest absolute Gasteiger partial charge is 0.0847 e. The lowest BCUT2D eigenvalue weighted by Gasteiger charge is -2.59. The summed E-state index contributed by atoms with van der Waals surface area (Å²) >= 11 is 0. The minimum absolute atomic E-state index is 0.325. The average Bonchev–Trinajstić information content (AvgIpc) is 3.14. The summed E-state index contributed by atoms with van der Waals surface area (Å²) in [6, 6.07) is 2.66. The van der Waals surface area contributed by atoms with Gasteiger partial charge < -0.3 is 4.74 Å². The highest BCUT2D eigenvalue weighted by Crippen LogP contribution is 2.68. The molecule has 4 aliphatic carbocycles. The highest BCUT2D eigenvalue weighted by molar-refractivity contribution is 5.14. The Hall–Kier alpha value is -0.550. The van der Waals surface area contributed by atoms with E-state index < -0.39 is 0 Å². The van der Waals surface area contributed by atoms with Gasteiger partial charge in [-0.1, -0.05) is 13.8 Å². The van der Waals surface area contributed by atoms with E-state index in [-0.39, 0.29) is 0 Å². The van der Waals surface area contributed by atoms with Crippen molar-refractivity contribution in [3.8, 4) is 6.07 Å². The molecule has 1 aliphatic heterocycles. The summed E-state index contributed by atoms with van der Waals surface area (Å²) in [4.78, 5) is 0. The minimum Gasteiger partial charge on any atom is -0.370 e. The molecule has 0 N–H and O–H groups in total. The Kier molecular flexibility index (Phi) is 2.70. The van der Waals surface area contributed by atoms with Crippen molar-refractivity contribution in [3.05, 3.63) is 0 Å². The molecule has 22 heavy (non-hydrogen) atoms. The van der Waals surface area contributed by atoms with E-state index in [0.29, 0.717) is 29.0 Å². The first-order chi connectivity index (χ1) is 10.6. The number of fused-ring (bicyclic) bond motifs is 6. The van der Waals surface area contributed by atoms with Crippen molar-refractivity contribution < 1.29 is 4.74 Å². The molecule has 0 aromatic heterocycles. The molecule has 0 spiro atoms. The number of rotatable bonds is 0. The highest BCUT2D eigenvalue weighted by atomic mass is 16.6. The molecule has 0 radical (unpaired) electrons. The molecule has 120 valence electrons. The van der Waals surface area contributed by atoms with E-state index in [0.717, 1.165) is 30.1 Å². The summed E-state index contributed by atoms with van der Waals surface area (Å²) in [5.41, 5.74) is 0.860. The van der Waals surface area contributed by atoms with Crippen molar-refractivity contribution >= 4 is 0 Å². The van der Waals surface area contributed by atoms with Crippen LogP contribution in [-0.4, -0.2) is 12.2 Å². The lowest BCUT2D eigenvalue weighted by Crippen LogP contribution is -2.53. The molecule has 2 nitrogen and oxygen atoms in total. The molecule has 5 aliphatic rings. The maximum absolute atomic E-state index is 9.58. The lowest BCUT2D eigenvalue weighted by molar-refractivity contribution is -0.103. The Bertz CT molecular complexity index is 538. The molecule has 1 heterocycles. The van der Waals surface area contributed by atoms with Crippen LogP contribution >= 0.6 is 0 Å². The second-order valence-electron chi connectivity index (χ2n) is 9.61. The first kappa shape index (κ1) is 13.8. The van der Waals surface area contributed by atoms with Crippen LogP contribution < -0.4 is 0 Å². The van der Waals surface area contributed by atoms with E-state index in [9.17, 15) is 5.26 Å². The van der Waals surface area contributed by atoms with Gasteiger partial charge in [0, 0.05) is 0 Å². The summed E-state index contributed by atoms with van der Waals surface area (Å²) in [7, 11) is 0. The van der Waals surface area contributed by atoms with Crippen LogP contribution in [0.5, 0.6) is 0 Å². The van der Waals surface area contributed by atoms with Crippen LogP contribution in [0.15, 0.2) is 0 Å². The zero-order valence-corrected chi connectivity index (χ0v) is 14.1. The number of epoxide rings is 1. The van der Waals surface area contributed by atoms with E-state index in [1.54, 1.807) is 0 Å². The molecule has 5 rings (SSSR count). The Morgan fingerprint density at radius 1 is 0.955 bits per heavy atom. The fraction of sp³-hybridized carbons (Fsp3) is 0.950. The molecule has 9 atom stereocenters. The molecule has 1 saturated heterocycles. The monoisotopic (exact) mass is 299 g/mol. The van der Waals surface area contributed by atoms with E-state index in [2.05, 4.69) is 19.9 Å². The Morgan fingerprint density at radius 2 is 1.77 bits per heavy atom. The molecule has 0 bridgehead atoms. The second-order valence-corrected chi connectivity index (χ2v) is 9.61. The van der Waals surface area contributed by atoms with Crippen molar-refractivity contribution in [2.24, 2.45) is 40.4 Å². The maximum Gasteiger partial charge on any atom is 0.0847 e. The zero-order valence-electron chi connectivity index (χ0n) is 14.1. The summed E-state index contributed by atoms with van der Waals surface area (Å²) < 4.78 is 5.91. The first-order valence-electron chi connectivity index (χ1n) is 9.61. The van der Waals surface area contributed by atoms with Gasteiger partial charge in [-0.2, -0.15) is 5.26 Å². The third-order valence-electron chi connectivity index (χ3n) is 9.07. The first-order valence-corrected chi connectivity index (χ1v) is 9.61. The zero-order chi connectivity index (χ0) is 15.1. The highest BCUT2D eigenvalue weighted by Gasteiger charge is 2.63. The number of hydrogen-bond acceptors (Lipinski definition) is 2.